The van der Waals surface area contributed by atoms with Crippen molar-refractivity contribution in [3.63, 3.8) is 0 Å². The van der Waals surface area contributed by atoms with Gasteiger partial charge in [-0.15, -0.1) is 11.3 Å². The Balaban J connectivity index is 2.56. The molecule has 0 saturated carbocycles. The van der Waals surface area contributed by atoms with Crippen LogP contribution in [0.25, 0.3) is 0 Å². The Hall–Kier alpha value is -2.28. The molecule has 2 N–H and O–H groups in total. The molecule has 29 heavy (non-hydrogen) atoms. The Labute approximate surface area is 171 Å². The van der Waals surface area contributed by atoms with Gasteiger partial charge in [-0.2, -0.15) is 18.4 Å². The van der Waals surface area contributed by atoms with Crippen LogP contribution < -0.4 is 10.6 Å². The molecule has 1 heterocycles. The number of hydrogen-bond donors (Lipinski definition) is 2. The largest absolute Gasteiger partial charge is 0.466 e. The van der Waals surface area contributed by atoms with E-state index in [4.69, 9.17) is 0 Å². The number of alkyl halides is 3. The fraction of sp³-hybridized carbons (Fsp3) is 0.632. The number of esters is 1. The van der Waals surface area contributed by atoms with Gasteiger partial charge in [0.15, 0.2) is 0 Å². The molecule has 0 saturated heterocycles. The third kappa shape index (κ3) is 4.34. The summed E-state index contributed by atoms with van der Waals surface area (Å²) in [6.45, 7) is 7.17. The summed E-state index contributed by atoms with van der Waals surface area (Å²) in [5, 5.41) is 13.2. The second kappa shape index (κ2) is 7.86. The van der Waals surface area contributed by atoms with E-state index in [9.17, 15) is 28.0 Å². The number of methoxy groups -OCH3 is 1. The van der Waals surface area contributed by atoms with Crippen molar-refractivity contribution in [2.75, 3.05) is 12.4 Å². The van der Waals surface area contributed by atoms with Crippen molar-refractivity contribution in [1.29, 1.82) is 5.26 Å². The van der Waals surface area contributed by atoms with Crippen LogP contribution in [-0.4, -0.2) is 30.8 Å². The van der Waals surface area contributed by atoms with E-state index in [0.29, 0.717) is 24.3 Å². The number of nitrogens with one attached hydrogen (secondary N) is 2. The van der Waals surface area contributed by atoms with Gasteiger partial charge in [0.05, 0.1) is 12.7 Å². The van der Waals surface area contributed by atoms with Gasteiger partial charge in [0.2, 0.25) is 5.91 Å². The van der Waals surface area contributed by atoms with Crippen LogP contribution in [-0.2, 0) is 27.2 Å². The normalized spacial score (nSPS) is 18.8. The number of thiophene rings is 1. The summed E-state index contributed by atoms with van der Waals surface area (Å²) in [6, 6.07) is 1.96. The van der Waals surface area contributed by atoms with Crippen LogP contribution in [0.5, 0.6) is 0 Å². The molecule has 1 aromatic rings. The molecule has 1 amide bonds. The van der Waals surface area contributed by atoms with Crippen LogP contribution in [0.4, 0.5) is 18.2 Å². The second-order valence-corrected chi connectivity index (χ2v) is 9.28. The standard InChI is InChI=1S/C19H24F3N3O3S/c1-10(26)24-18(16(27)28-5,19(20,21)22)25-15-13(9-23)12-7-6-11(17(2,3)4)8-14(12)29-15/h11,25H,6-8H2,1-5H3,(H,24,26)/t11-,18-/m1/s1. The van der Waals surface area contributed by atoms with Gasteiger partial charge >= 0.3 is 17.8 Å². The topological polar surface area (TPSA) is 91.2 Å². The summed E-state index contributed by atoms with van der Waals surface area (Å²) in [5.74, 6) is -2.48. The lowest BCUT2D eigenvalue weighted by Gasteiger charge is -2.34. The second-order valence-electron chi connectivity index (χ2n) is 8.17. The maximum absolute atomic E-state index is 13.9. The third-order valence-corrected chi connectivity index (χ3v) is 6.35. The van der Waals surface area contributed by atoms with E-state index in [0.717, 1.165) is 36.7 Å². The Bertz CT molecular complexity index is 852. The van der Waals surface area contributed by atoms with E-state index in [1.165, 1.54) is 0 Å². The van der Waals surface area contributed by atoms with Crippen molar-refractivity contribution in [3.05, 3.63) is 16.0 Å². The molecule has 2 rings (SSSR count). The number of nitrogens with zero attached hydrogens (tertiary/aromatic N) is 1. The van der Waals surface area contributed by atoms with Crippen LogP contribution in [0, 0.1) is 22.7 Å². The Morgan fingerprint density at radius 2 is 1.90 bits per heavy atom. The number of fused-ring (bicyclic) bond motifs is 1. The number of hydrogen-bond acceptors (Lipinski definition) is 6. The van der Waals surface area contributed by atoms with E-state index in [2.05, 4.69) is 30.8 Å². The molecule has 1 aromatic heterocycles. The van der Waals surface area contributed by atoms with Crippen LogP contribution in [0.3, 0.4) is 0 Å². The molecule has 0 spiro atoms. The number of amides is 1. The number of anilines is 1. The molecule has 0 aliphatic heterocycles. The van der Waals surface area contributed by atoms with Crippen molar-refractivity contribution in [1.82, 2.24) is 5.32 Å². The van der Waals surface area contributed by atoms with E-state index < -0.39 is 23.7 Å². The van der Waals surface area contributed by atoms with Gasteiger partial charge in [-0.3, -0.25) is 4.79 Å². The molecule has 1 aliphatic carbocycles. The van der Waals surface area contributed by atoms with Crippen LogP contribution in [0.1, 0.15) is 50.1 Å². The first-order valence-corrected chi connectivity index (χ1v) is 9.85. The molecular weight excluding hydrogens is 407 g/mol. The molecule has 1 aliphatic rings. The highest BCUT2D eigenvalue weighted by atomic mass is 32.1. The van der Waals surface area contributed by atoms with Gasteiger partial charge in [-0.1, -0.05) is 20.8 Å². The van der Waals surface area contributed by atoms with Gasteiger partial charge in [0.1, 0.15) is 11.1 Å². The zero-order valence-corrected chi connectivity index (χ0v) is 17.7. The first kappa shape index (κ1) is 23.0. The minimum atomic E-state index is -5.21. The zero-order valence-electron chi connectivity index (χ0n) is 16.9. The molecular formula is C19H24F3N3O3S. The Morgan fingerprint density at radius 1 is 1.28 bits per heavy atom. The van der Waals surface area contributed by atoms with Gasteiger partial charge < -0.3 is 15.4 Å². The van der Waals surface area contributed by atoms with Crippen molar-refractivity contribution in [2.24, 2.45) is 11.3 Å². The average Bonchev–Trinajstić information content (AvgIpc) is 2.94. The highest BCUT2D eigenvalue weighted by Crippen LogP contribution is 2.45. The summed E-state index contributed by atoms with van der Waals surface area (Å²) in [7, 11) is 0.797. The lowest BCUT2D eigenvalue weighted by Crippen LogP contribution is -2.69. The molecule has 2 atom stereocenters. The molecule has 160 valence electrons. The van der Waals surface area contributed by atoms with Crippen LogP contribution in [0.2, 0.25) is 0 Å². The molecule has 6 nitrogen and oxygen atoms in total. The van der Waals surface area contributed by atoms with Gasteiger partial charge in [-0.25, -0.2) is 4.79 Å². The maximum Gasteiger partial charge on any atom is 0.441 e. The maximum atomic E-state index is 13.9. The number of rotatable bonds is 4. The Morgan fingerprint density at radius 3 is 2.34 bits per heavy atom. The lowest BCUT2D eigenvalue weighted by molar-refractivity contribution is -0.206. The number of ether oxygens (including phenoxy) is 1. The van der Waals surface area contributed by atoms with Gasteiger partial charge in [-0.05, 0) is 36.2 Å². The van der Waals surface area contributed by atoms with Crippen LogP contribution in [0.15, 0.2) is 0 Å². The van der Waals surface area contributed by atoms with Gasteiger partial charge in [0, 0.05) is 11.8 Å². The van der Waals surface area contributed by atoms with Crippen molar-refractivity contribution in [2.45, 2.75) is 58.8 Å². The number of carbonyl (C=O) groups is 2. The third-order valence-electron chi connectivity index (χ3n) is 5.18. The fourth-order valence-electron chi connectivity index (χ4n) is 3.51. The molecule has 0 aromatic carbocycles. The predicted molar refractivity (Wildman–Crippen MR) is 102 cm³/mol. The zero-order chi connectivity index (χ0) is 22.2. The van der Waals surface area contributed by atoms with E-state index in [-0.39, 0.29) is 16.0 Å². The smallest absolute Gasteiger partial charge is 0.441 e. The van der Waals surface area contributed by atoms with E-state index in [1.54, 1.807) is 5.32 Å². The van der Waals surface area contributed by atoms with Crippen molar-refractivity contribution >= 4 is 28.2 Å². The number of nitriles is 1. The quantitative estimate of drug-likeness (QED) is 0.560. The first-order chi connectivity index (χ1) is 13.3. The summed E-state index contributed by atoms with van der Waals surface area (Å²) >= 11 is 1.01. The number of carbonyl (C=O) groups excluding carboxylic acids is 2. The van der Waals surface area contributed by atoms with Gasteiger partial charge in [0.25, 0.3) is 0 Å². The van der Waals surface area contributed by atoms with E-state index >= 15 is 0 Å². The summed E-state index contributed by atoms with van der Waals surface area (Å²) < 4.78 is 46.2. The SMILES string of the molecule is COC(=O)[C@@](NC(C)=O)(Nc1sc2c(c1C#N)CC[C@@H](C(C)(C)C)C2)C(F)(F)F. The minimum absolute atomic E-state index is 0.0139. The minimum Gasteiger partial charge on any atom is -0.466 e. The number of halogens is 3. The monoisotopic (exact) mass is 431 g/mol. The fourth-order valence-corrected chi connectivity index (χ4v) is 4.84. The molecule has 0 bridgehead atoms. The van der Waals surface area contributed by atoms with Crippen LogP contribution >= 0.6 is 11.3 Å². The highest BCUT2D eigenvalue weighted by molar-refractivity contribution is 7.16. The lowest BCUT2D eigenvalue weighted by atomic mass is 9.72. The van der Waals surface area contributed by atoms with E-state index in [1.807, 2.05) is 6.07 Å². The molecule has 10 heteroatoms. The average molecular weight is 431 g/mol. The molecule has 0 radical (unpaired) electrons. The summed E-state index contributed by atoms with van der Waals surface area (Å²) in [4.78, 5) is 24.5. The summed E-state index contributed by atoms with van der Waals surface area (Å²) in [6.07, 6.45) is -3.20. The van der Waals surface area contributed by atoms with Crippen molar-refractivity contribution in [3.8, 4) is 6.07 Å². The van der Waals surface area contributed by atoms with Crippen molar-refractivity contribution < 1.29 is 27.5 Å². The molecule has 0 unspecified atom stereocenters. The summed E-state index contributed by atoms with van der Waals surface area (Å²) in [5.41, 5.74) is -2.71. The Kier molecular flexibility index (Phi) is 6.23. The first-order valence-electron chi connectivity index (χ1n) is 9.03. The predicted octanol–water partition coefficient (Wildman–Crippen LogP) is 3.75. The highest BCUT2D eigenvalue weighted by Gasteiger charge is 2.63. The molecule has 0 fully saturated rings.